The average molecular weight is 399 g/mol. The van der Waals surface area contributed by atoms with Crippen molar-refractivity contribution in [2.75, 3.05) is 11.9 Å². The van der Waals surface area contributed by atoms with Gasteiger partial charge in [0.1, 0.15) is 5.01 Å². The van der Waals surface area contributed by atoms with E-state index in [4.69, 9.17) is 0 Å². The predicted octanol–water partition coefficient (Wildman–Crippen LogP) is 2.34. The first kappa shape index (κ1) is 17.6. The third-order valence-corrected chi connectivity index (χ3v) is 5.92. The van der Waals surface area contributed by atoms with Crippen molar-refractivity contribution in [3.8, 4) is 0 Å². The lowest BCUT2D eigenvalue weighted by atomic mass is 10.1. The van der Waals surface area contributed by atoms with Gasteiger partial charge in [-0.1, -0.05) is 29.5 Å². The van der Waals surface area contributed by atoms with Crippen LogP contribution in [0.5, 0.6) is 0 Å². The van der Waals surface area contributed by atoms with E-state index >= 15 is 0 Å². The third kappa shape index (κ3) is 2.77. The molecule has 136 valence electrons. The highest BCUT2D eigenvalue weighted by Gasteiger charge is 2.42. The first-order chi connectivity index (χ1) is 12.9. The number of imide groups is 1. The van der Waals surface area contributed by atoms with Crippen LogP contribution in [0.25, 0.3) is 5.57 Å². The minimum atomic E-state index is -0.499. The van der Waals surface area contributed by atoms with E-state index in [-0.39, 0.29) is 16.4 Å². The Hall–Kier alpha value is -2.85. The molecular formula is C17H13N5O3S2. The van der Waals surface area contributed by atoms with Gasteiger partial charge >= 0.3 is 0 Å². The quantitative estimate of drug-likeness (QED) is 0.683. The SMILES string of the molecule is CC(=O)N1C(=O)/C(=C2\S/C(=N/c3nnc(C)s3)N(C)C2=O)c2ccccc21. The summed E-state index contributed by atoms with van der Waals surface area (Å²) < 4.78 is 0. The summed E-state index contributed by atoms with van der Waals surface area (Å²) in [4.78, 5) is 44.8. The fourth-order valence-corrected chi connectivity index (χ4v) is 4.54. The molecule has 1 aromatic heterocycles. The van der Waals surface area contributed by atoms with Crippen LogP contribution >= 0.6 is 23.1 Å². The summed E-state index contributed by atoms with van der Waals surface area (Å²) in [6.07, 6.45) is 0. The van der Waals surface area contributed by atoms with E-state index in [0.717, 1.165) is 21.7 Å². The number of aryl methyl sites for hydroxylation is 1. The zero-order valence-electron chi connectivity index (χ0n) is 14.6. The van der Waals surface area contributed by atoms with Gasteiger partial charge in [0.15, 0.2) is 5.17 Å². The van der Waals surface area contributed by atoms with Crippen molar-refractivity contribution in [1.82, 2.24) is 15.1 Å². The topological polar surface area (TPSA) is 95.8 Å². The normalized spacial score (nSPS) is 20.8. The summed E-state index contributed by atoms with van der Waals surface area (Å²) in [5, 5.41) is 9.46. The highest BCUT2D eigenvalue weighted by molar-refractivity contribution is 8.18. The Morgan fingerprint density at radius 1 is 1.15 bits per heavy atom. The van der Waals surface area contributed by atoms with Crippen molar-refractivity contribution in [1.29, 1.82) is 0 Å². The number of para-hydroxylation sites is 1. The number of fused-ring (bicyclic) bond motifs is 1. The lowest BCUT2D eigenvalue weighted by Crippen LogP contribution is -2.31. The van der Waals surface area contributed by atoms with Crippen LogP contribution in [0, 0.1) is 6.92 Å². The molecule has 1 aromatic carbocycles. The van der Waals surface area contributed by atoms with Crippen molar-refractivity contribution in [3.63, 3.8) is 0 Å². The number of carbonyl (C=O) groups excluding carboxylic acids is 3. The maximum absolute atomic E-state index is 12.9. The molecule has 2 aliphatic heterocycles. The van der Waals surface area contributed by atoms with E-state index in [0.29, 0.717) is 21.6 Å². The molecule has 2 aromatic rings. The molecule has 0 saturated carbocycles. The summed E-state index contributed by atoms with van der Waals surface area (Å²) >= 11 is 2.40. The van der Waals surface area contributed by atoms with Gasteiger partial charge in [0.05, 0.1) is 16.2 Å². The smallest absolute Gasteiger partial charge is 0.267 e. The highest BCUT2D eigenvalue weighted by Crippen LogP contribution is 2.44. The number of nitrogens with zero attached hydrogens (tertiary/aromatic N) is 5. The van der Waals surface area contributed by atoms with E-state index in [1.165, 1.54) is 23.2 Å². The van der Waals surface area contributed by atoms with Gasteiger partial charge in [0, 0.05) is 19.5 Å². The minimum absolute atomic E-state index is 0.223. The summed E-state index contributed by atoms with van der Waals surface area (Å²) in [5.41, 5.74) is 1.27. The van der Waals surface area contributed by atoms with E-state index in [2.05, 4.69) is 15.2 Å². The van der Waals surface area contributed by atoms with Crippen LogP contribution < -0.4 is 4.90 Å². The van der Waals surface area contributed by atoms with Gasteiger partial charge in [-0.3, -0.25) is 19.3 Å². The molecule has 3 amide bonds. The summed E-state index contributed by atoms with van der Waals surface area (Å²) in [5.74, 6) is -1.24. The number of hydrogen-bond donors (Lipinski definition) is 0. The fraction of sp³-hybridized carbons (Fsp3) is 0.176. The van der Waals surface area contributed by atoms with E-state index < -0.39 is 11.8 Å². The van der Waals surface area contributed by atoms with Crippen LogP contribution in [0.1, 0.15) is 17.5 Å². The molecule has 0 aliphatic carbocycles. The zero-order valence-corrected chi connectivity index (χ0v) is 16.2. The van der Waals surface area contributed by atoms with Crippen LogP contribution in [-0.4, -0.2) is 45.0 Å². The summed E-state index contributed by atoms with van der Waals surface area (Å²) in [6.45, 7) is 3.14. The van der Waals surface area contributed by atoms with Crippen LogP contribution in [0.2, 0.25) is 0 Å². The number of amides is 3. The van der Waals surface area contributed by atoms with Crippen LogP contribution in [0.15, 0.2) is 34.2 Å². The lowest BCUT2D eigenvalue weighted by molar-refractivity contribution is -0.123. The fourth-order valence-electron chi connectivity index (χ4n) is 2.86. The number of thioether (sulfide) groups is 1. The molecule has 2 aliphatic rings. The van der Waals surface area contributed by atoms with Crippen molar-refractivity contribution >= 4 is 62.4 Å². The Morgan fingerprint density at radius 2 is 1.89 bits per heavy atom. The Morgan fingerprint density at radius 3 is 2.56 bits per heavy atom. The first-order valence-corrected chi connectivity index (χ1v) is 9.55. The summed E-state index contributed by atoms with van der Waals surface area (Å²) in [7, 11) is 1.59. The zero-order chi connectivity index (χ0) is 19.3. The Bertz CT molecular complexity index is 1070. The largest absolute Gasteiger partial charge is 0.289 e. The number of hydrogen-bond acceptors (Lipinski definition) is 8. The number of benzene rings is 1. The van der Waals surface area contributed by atoms with Crippen molar-refractivity contribution < 1.29 is 14.4 Å². The van der Waals surface area contributed by atoms with E-state index in [9.17, 15) is 14.4 Å². The van der Waals surface area contributed by atoms with Gasteiger partial charge in [-0.2, -0.15) is 4.99 Å². The molecule has 3 heterocycles. The van der Waals surface area contributed by atoms with Crippen LogP contribution in [0.4, 0.5) is 10.8 Å². The molecule has 1 saturated heterocycles. The number of aliphatic imine (C=N–C) groups is 1. The van der Waals surface area contributed by atoms with Crippen molar-refractivity contribution in [2.45, 2.75) is 13.8 Å². The van der Waals surface area contributed by atoms with Crippen LogP contribution in [-0.2, 0) is 14.4 Å². The molecule has 10 heteroatoms. The molecule has 0 atom stereocenters. The highest BCUT2D eigenvalue weighted by atomic mass is 32.2. The van der Waals surface area contributed by atoms with Gasteiger partial charge in [-0.25, -0.2) is 4.90 Å². The molecule has 0 N–H and O–H groups in total. The maximum atomic E-state index is 12.9. The number of anilines is 1. The predicted molar refractivity (Wildman–Crippen MR) is 104 cm³/mol. The lowest BCUT2D eigenvalue weighted by Gasteiger charge is -2.11. The molecule has 1 fully saturated rings. The van der Waals surface area contributed by atoms with Crippen LogP contribution in [0.3, 0.4) is 0 Å². The van der Waals surface area contributed by atoms with E-state index in [1.54, 1.807) is 31.3 Å². The van der Waals surface area contributed by atoms with Gasteiger partial charge in [-0.15, -0.1) is 10.2 Å². The number of rotatable bonds is 1. The number of amidine groups is 1. The van der Waals surface area contributed by atoms with Gasteiger partial charge in [0.25, 0.3) is 11.8 Å². The van der Waals surface area contributed by atoms with E-state index in [1.807, 2.05) is 6.92 Å². The average Bonchev–Trinajstić information content (AvgIpc) is 3.25. The molecule has 0 radical (unpaired) electrons. The third-order valence-electron chi connectivity index (χ3n) is 4.06. The second-order valence-corrected chi connectivity index (χ2v) is 7.98. The second-order valence-electron chi connectivity index (χ2n) is 5.85. The molecule has 8 nitrogen and oxygen atoms in total. The van der Waals surface area contributed by atoms with Crippen molar-refractivity contribution in [2.24, 2.45) is 4.99 Å². The molecule has 0 unspecified atom stereocenters. The Balaban J connectivity index is 1.83. The maximum Gasteiger partial charge on any atom is 0.267 e. The molecular weight excluding hydrogens is 386 g/mol. The Kier molecular flexibility index (Phi) is 4.16. The summed E-state index contributed by atoms with van der Waals surface area (Å²) in [6, 6.07) is 6.93. The van der Waals surface area contributed by atoms with Gasteiger partial charge in [-0.05, 0) is 24.8 Å². The molecule has 0 spiro atoms. The van der Waals surface area contributed by atoms with Crippen molar-refractivity contribution in [3.05, 3.63) is 39.7 Å². The molecule has 27 heavy (non-hydrogen) atoms. The first-order valence-electron chi connectivity index (χ1n) is 7.92. The second kappa shape index (κ2) is 6.39. The molecule has 4 rings (SSSR count). The minimum Gasteiger partial charge on any atom is -0.289 e. The molecule has 0 bridgehead atoms. The number of carbonyl (C=O) groups is 3. The number of aromatic nitrogens is 2. The van der Waals surface area contributed by atoms with Gasteiger partial charge in [0.2, 0.25) is 11.0 Å². The Labute approximate surface area is 162 Å². The standard InChI is InChI=1S/C17H13N5O3S2/c1-8-19-20-16(26-8)18-17-21(3)15(25)13(27-17)12-10-6-4-5-7-11(10)22(9(2)23)14(12)24/h4-7H,1-3H3/b13-12-,18-17+. The monoisotopic (exact) mass is 399 g/mol. The number of likely N-dealkylation sites (N-methyl/N-ethyl adjacent to an activating group) is 1. The van der Waals surface area contributed by atoms with Gasteiger partial charge < -0.3 is 0 Å².